The van der Waals surface area contributed by atoms with Crippen LogP contribution in [0.25, 0.3) is 0 Å². The van der Waals surface area contributed by atoms with E-state index in [2.05, 4.69) is 0 Å². The van der Waals surface area contributed by atoms with Crippen molar-refractivity contribution < 1.29 is 35.6 Å². The number of hydrogen-bond acceptors (Lipinski definition) is 4. The summed E-state index contributed by atoms with van der Waals surface area (Å²) in [6.07, 6.45) is -7.84. The summed E-state index contributed by atoms with van der Waals surface area (Å²) in [4.78, 5) is 0. The van der Waals surface area contributed by atoms with Crippen LogP contribution in [-0.4, -0.2) is 53.8 Å². The summed E-state index contributed by atoms with van der Waals surface area (Å²) < 4.78 is 78.5. The highest BCUT2D eigenvalue weighted by molar-refractivity contribution is 7.85. The Hall–Kier alpha value is -1.35. The normalized spacial score (nSPS) is 13.6. The third-order valence-electron chi connectivity index (χ3n) is 2.87. The second kappa shape index (κ2) is 7.48. The van der Waals surface area contributed by atoms with Crippen LogP contribution in [0, 0.1) is 0 Å². The van der Waals surface area contributed by atoms with Crippen molar-refractivity contribution in [1.82, 2.24) is 0 Å². The number of alkyl halides is 3. The molecule has 0 fully saturated rings. The van der Waals surface area contributed by atoms with Crippen molar-refractivity contribution in [3.05, 3.63) is 23.3 Å². The van der Waals surface area contributed by atoms with Gasteiger partial charge in [0.25, 0.3) is 10.1 Å². The predicted octanol–water partition coefficient (Wildman–Crippen LogP) is 1.23. The van der Waals surface area contributed by atoms with E-state index in [1.165, 1.54) is 19.2 Å². The first-order valence-corrected chi connectivity index (χ1v) is 7.91. The van der Waals surface area contributed by atoms with E-state index in [-0.39, 0.29) is 18.4 Å². The molecule has 0 saturated carbocycles. The lowest BCUT2D eigenvalue weighted by molar-refractivity contribution is -0.188. The Morgan fingerprint density at radius 1 is 1.22 bits per heavy atom. The number of rotatable bonds is 7. The molecule has 23 heavy (non-hydrogen) atoms. The Kier molecular flexibility index (Phi) is 6.41. The molecule has 1 N–H and O–H groups in total. The Balaban J connectivity index is 3.23. The van der Waals surface area contributed by atoms with E-state index in [1.807, 2.05) is 0 Å². The van der Waals surface area contributed by atoms with E-state index in [1.54, 1.807) is 0 Å². The van der Waals surface area contributed by atoms with Gasteiger partial charge in [-0.05, 0) is 23.3 Å². The standard InChI is InChI=1S/C12H13B2F3O5S/c1-21-11-7(4-13)2-9(3-8(11)5-14)22-10(12(15,16)17)6-23(18,19)20/h2-3,10H,4-6H2,1H3,(H,18,19,20). The summed E-state index contributed by atoms with van der Waals surface area (Å²) in [5.41, 5.74) is 0.691. The van der Waals surface area contributed by atoms with E-state index >= 15 is 0 Å². The molecule has 1 rings (SSSR count). The van der Waals surface area contributed by atoms with Crippen molar-refractivity contribution in [2.24, 2.45) is 0 Å². The topological polar surface area (TPSA) is 72.8 Å². The zero-order chi connectivity index (χ0) is 17.8. The van der Waals surface area contributed by atoms with Crippen LogP contribution in [0.3, 0.4) is 0 Å². The van der Waals surface area contributed by atoms with Crippen LogP contribution in [0.2, 0.25) is 0 Å². The minimum atomic E-state index is -5.00. The Labute approximate surface area is 134 Å². The second-order valence-electron chi connectivity index (χ2n) is 4.58. The highest BCUT2D eigenvalue weighted by Gasteiger charge is 2.44. The average Bonchev–Trinajstić information content (AvgIpc) is 2.43. The lowest BCUT2D eigenvalue weighted by Crippen LogP contribution is -2.40. The fraction of sp³-hybridized carbons (Fsp3) is 0.500. The third kappa shape index (κ3) is 5.65. The minimum absolute atomic E-state index is 0.0532. The molecule has 0 aliphatic rings. The highest BCUT2D eigenvalue weighted by atomic mass is 32.2. The van der Waals surface area contributed by atoms with Gasteiger partial charge in [-0.15, -0.1) is 0 Å². The molecular weight excluding hydrogens is 335 g/mol. The molecule has 124 valence electrons. The first-order chi connectivity index (χ1) is 10.5. The lowest BCUT2D eigenvalue weighted by Gasteiger charge is -2.22. The molecular formula is C12H13B2F3O5S. The number of benzene rings is 1. The Bertz CT molecular complexity index is 624. The molecule has 4 radical (unpaired) electrons. The Morgan fingerprint density at radius 2 is 1.70 bits per heavy atom. The molecule has 0 spiro atoms. The number of hydrogen-bond donors (Lipinski definition) is 1. The van der Waals surface area contributed by atoms with Gasteiger partial charge in [-0.1, -0.05) is 12.6 Å². The van der Waals surface area contributed by atoms with E-state index in [4.69, 9.17) is 29.7 Å². The van der Waals surface area contributed by atoms with Gasteiger partial charge >= 0.3 is 6.18 Å². The van der Waals surface area contributed by atoms with Gasteiger partial charge in [-0.2, -0.15) is 21.6 Å². The summed E-state index contributed by atoms with van der Waals surface area (Å²) in [5, 5.41) is 0. The van der Waals surface area contributed by atoms with E-state index in [9.17, 15) is 21.6 Å². The SMILES string of the molecule is [B]Cc1cc(OC(CS(=O)(=O)O)C(F)(F)F)cc(C[B])c1OC. The van der Waals surface area contributed by atoms with Gasteiger partial charge in [0.05, 0.1) is 22.8 Å². The van der Waals surface area contributed by atoms with Crippen molar-refractivity contribution in [2.75, 3.05) is 12.9 Å². The summed E-state index contributed by atoms with van der Waals surface area (Å²) >= 11 is 0. The van der Waals surface area contributed by atoms with Gasteiger partial charge in [0.2, 0.25) is 6.10 Å². The van der Waals surface area contributed by atoms with Gasteiger partial charge in [0.1, 0.15) is 17.3 Å². The number of ether oxygens (including phenoxy) is 2. The largest absolute Gasteiger partial charge is 0.496 e. The van der Waals surface area contributed by atoms with Crippen molar-refractivity contribution in [3.8, 4) is 11.5 Å². The zero-order valence-corrected chi connectivity index (χ0v) is 12.9. The lowest BCUT2D eigenvalue weighted by atomic mass is 9.89. The molecule has 1 unspecified atom stereocenters. The molecule has 1 aromatic rings. The third-order valence-corrected chi connectivity index (χ3v) is 3.59. The number of methoxy groups -OCH3 is 1. The predicted molar refractivity (Wildman–Crippen MR) is 78.8 cm³/mol. The quantitative estimate of drug-likeness (QED) is 0.593. The van der Waals surface area contributed by atoms with Crippen molar-refractivity contribution in [2.45, 2.75) is 24.9 Å². The van der Waals surface area contributed by atoms with Crippen molar-refractivity contribution >= 4 is 25.8 Å². The zero-order valence-electron chi connectivity index (χ0n) is 12.1. The monoisotopic (exact) mass is 348 g/mol. The molecule has 0 aromatic heterocycles. The van der Waals surface area contributed by atoms with Gasteiger partial charge in [-0.3, -0.25) is 4.55 Å². The summed E-state index contributed by atoms with van der Waals surface area (Å²) in [6.45, 7) is 0. The maximum atomic E-state index is 12.9. The van der Waals surface area contributed by atoms with Gasteiger partial charge in [0.15, 0.2) is 0 Å². The highest BCUT2D eigenvalue weighted by Crippen LogP contribution is 2.32. The fourth-order valence-electron chi connectivity index (χ4n) is 1.91. The average molecular weight is 348 g/mol. The van der Waals surface area contributed by atoms with E-state index < -0.39 is 28.2 Å². The molecule has 1 aromatic carbocycles. The maximum Gasteiger partial charge on any atom is 0.426 e. The molecule has 0 amide bonds. The summed E-state index contributed by atoms with van der Waals surface area (Å²) in [6, 6.07) is 2.39. The summed E-state index contributed by atoms with van der Waals surface area (Å²) in [7, 11) is 7.47. The maximum absolute atomic E-state index is 12.9. The minimum Gasteiger partial charge on any atom is -0.496 e. The first-order valence-electron chi connectivity index (χ1n) is 6.30. The van der Waals surface area contributed by atoms with Crippen molar-refractivity contribution in [3.63, 3.8) is 0 Å². The van der Waals surface area contributed by atoms with Gasteiger partial charge < -0.3 is 9.47 Å². The van der Waals surface area contributed by atoms with E-state index in [0.29, 0.717) is 16.9 Å². The van der Waals surface area contributed by atoms with Crippen LogP contribution in [0.1, 0.15) is 11.1 Å². The van der Waals surface area contributed by atoms with Crippen molar-refractivity contribution in [1.29, 1.82) is 0 Å². The van der Waals surface area contributed by atoms with Crippen LogP contribution in [0.4, 0.5) is 13.2 Å². The van der Waals surface area contributed by atoms with Crippen LogP contribution < -0.4 is 9.47 Å². The second-order valence-corrected chi connectivity index (χ2v) is 6.08. The molecule has 0 aliphatic heterocycles. The molecule has 0 saturated heterocycles. The van der Waals surface area contributed by atoms with Gasteiger partial charge in [-0.25, -0.2) is 0 Å². The molecule has 0 aliphatic carbocycles. The number of halogens is 3. The molecule has 1 atom stereocenters. The molecule has 5 nitrogen and oxygen atoms in total. The van der Waals surface area contributed by atoms with Crippen LogP contribution in [0.5, 0.6) is 11.5 Å². The molecule has 11 heteroatoms. The van der Waals surface area contributed by atoms with Crippen LogP contribution in [0.15, 0.2) is 12.1 Å². The first kappa shape index (κ1) is 19.7. The van der Waals surface area contributed by atoms with Crippen LogP contribution >= 0.6 is 0 Å². The van der Waals surface area contributed by atoms with E-state index in [0.717, 1.165) is 0 Å². The molecule has 0 heterocycles. The smallest absolute Gasteiger partial charge is 0.426 e. The Morgan fingerprint density at radius 3 is 2.00 bits per heavy atom. The van der Waals surface area contributed by atoms with Crippen LogP contribution in [-0.2, 0) is 22.8 Å². The fourth-order valence-corrected chi connectivity index (χ4v) is 2.55. The summed E-state index contributed by atoms with van der Waals surface area (Å²) in [5.74, 6) is -1.59. The molecule has 0 bridgehead atoms. The van der Waals surface area contributed by atoms with Gasteiger partial charge in [0, 0.05) is 0 Å².